The zero-order valence-electron chi connectivity index (χ0n) is 15.3. The normalized spacial score (nSPS) is 10.5. The van der Waals surface area contributed by atoms with Crippen molar-refractivity contribution >= 4 is 75.3 Å². The Kier molecular flexibility index (Phi) is 7.02. The van der Waals surface area contributed by atoms with Crippen molar-refractivity contribution in [3.8, 4) is 0 Å². The van der Waals surface area contributed by atoms with E-state index >= 15 is 0 Å². The first kappa shape index (κ1) is 22.8. The van der Waals surface area contributed by atoms with Crippen LogP contribution in [0, 0.1) is 10.1 Å². The Morgan fingerprint density at radius 3 is 1.52 bits per heavy atom. The highest BCUT2D eigenvalue weighted by Crippen LogP contribution is 2.28. The van der Waals surface area contributed by atoms with E-state index in [0.717, 1.165) is 12.1 Å². The molecule has 0 saturated heterocycles. The summed E-state index contributed by atoms with van der Waals surface area (Å²) in [6, 6.07) is 12.2. The summed E-state index contributed by atoms with van der Waals surface area (Å²) in [6.07, 6.45) is 0. The van der Waals surface area contributed by atoms with E-state index in [1.54, 1.807) is 0 Å². The summed E-state index contributed by atoms with van der Waals surface area (Å²) in [5.41, 5.74) is -0.294. The molecule has 0 unspecified atom stereocenters. The van der Waals surface area contributed by atoms with Gasteiger partial charge in [0, 0.05) is 33.3 Å². The zero-order chi connectivity index (χ0) is 22.7. The molecule has 0 aliphatic carbocycles. The number of halogens is 4. The fourth-order valence-electron chi connectivity index (χ4n) is 2.55. The Morgan fingerprint density at radius 1 is 0.710 bits per heavy atom. The maximum Gasteiger partial charge on any atom is 0.271 e. The number of nitrogens with zero attached hydrogens (tertiary/aromatic N) is 1. The Morgan fingerprint density at radius 2 is 1.13 bits per heavy atom. The summed E-state index contributed by atoms with van der Waals surface area (Å²) in [5, 5.41) is 17.5. The molecule has 11 heteroatoms. The van der Waals surface area contributed by atoms with E-state index in [4.69, 9.17) is 46.4 Å². The van der Waals surface area contributed by atoms with Crippen LogP contribution in [0.2, 0.25) is 20.1 Å². The van der Waals surface area contributed by atoms with E-state index in [-0.39, 0.29) is 32.5 Å². The molecule has 0 aromatic heterocycles. The molecule has 7 nitrogen and oxygen atoms in total. The molecule has 2 amide bonds. The summed E-state index contributed by atoms with van der Waals surface area (Å²) in [4.78, 5) is 36.0. The molecule has 3 rings (SSSR count). The monoisotopic (exact) mass is 497 g/mol. The van der Waals surface area contributed by atoms with Crippen LogP contribution in [0.5, 0.6) is 0 Å². The quantitative estimate of drug-likeness (QED) is 0.301. The molecule has 0 saturated carbocycles. The van der Waals surface area contributed by atoms with E-state index in [9.17, 15) is 19.7 Å². The zero-order valence-corrected chi connectivity index (χ0v) is 18.3. The van der Waals surface area contributed by atoms with Crippen LogP contribution in [0.3, 0.4) is 0 Å². The molecular weight excluding hydrogens is 488 g/mol. The third-order valence-electron chi connectivity index (χ3n) is 4.01. The molecule has 31 heavy (non-hydrogen) atoms. The lowest BCUT2D eigenvalue weighted by atomic mass is 10.1. The highest BCUT2D eigenvalue weighted by atomic mass is 35.5. The van der Waals surface area contributed by atoms with Gasteiger partial charge in [0.25, 0.3) is 17.5 Å². The van der Waals surface area contributed by atoms with E-state index in [1.165, 1.54) is 42.5 Å². The average molecular weight is 499 g/mol. The summed E-state index contributed by atoms with van der Waals surface area (Å²) < 4.78 is 0. The predicted octanol–water partition coefficient (Wildman–Crippen LogP) is 6.71. The number of amides is 2. The van der Waals surface area contributed by atoms with Gasteiger partial charge in [-0.15, -0.1) is 0 Å². The van der Waals surface area contributed by atoms with Crippen molar-refractivity contribution in [1.82, 2.24) is 0 Å². The summed E-state index contributed by atoms with van der Waals surface area (Å²) in [5.74, 6) is -1.44. The fraction of sp³-hybridized carbons (Fsp3) is 0. The number of rotatable bonds is 5. The number of carbonyl (C=O) groups is 2. The van der Waals surface area contributed by atoms with Gasteiger partial charge in [0.2, 0.25) is 0 Å². The lowest BCUT2D eigenvalue weighted by molar-refractivity contribution is -0.384. The number of non-ortho nitro benzene ring substituents is 1. The smallest absolute Gasteiger partial charge is 0.271 e. The Hall–Kier alpha value is -2.84. The molecule has 0 aliphatic heterocycles. The second-order valence-electron chi connectivity index (χ2n) is 6.18. The van der Waals surface area contributed by atoms with E-state index < -0.39 is 22.4 Å². The molecule has 158 valence electrons. The Labute approximate surface area is 196 Å². The molecule has 2 N–H and O–H groups in total. The van der Waals surface area contributed by atoms with Crippen LogP contribution < -0.4 is 10.6 Å². The molecule has 3 aromatic carbocycles. The third-order valence-corrected chi connectivity index (χ3v) is 5.14. The second kappa shape index (κ2) is 9.53. The van der Waals surface area contributed by atoms with Gasteiger partial charge in [0.1, 0.15) is 0 Å². The molecule has 0 spiro atoms. The summed E-state index contributed by atoms with van der Waals surface area (Å²) in [6.45, 7) is 0. The van der Waals surface area contributed by atoms with Crippen LogP contribution in [0.15, 0.2) is 54.6 Å². The van der Waals surface area contributed by atoms with Crippen LogP contribution in [0.4, 0.5) is 17.1 Å². The van der Waals surface area contributed by atoms with Gasteiger partial charge < -0.3 is 10.6 Å². The number of nitro groups is 1. The SMILES string of the molecule is O=C(Nc1cc(Cl)ccc1Cl)c1cc(C(=O)Nc2cc(Cl)ccc2Cl)cc([N+](=O)[O-])c1. The fourth-order valence-corrected chi connectivity index (χ4v) is 3.23. The number of nitro benzene ring substituents is 1. The average Bonchev–Trinajstić information content (AvgIpc) is 2.72. The van der Waals surface area contributed by atoms with E-state index in [1.807, 2.05) is 0 Å². The van der Waals surface area contributed by atoms with Gasteiger partial charge in [-0.2, -0.15) is 0 Å². The first-order valence-corrected chi connectivity index (χ1v) is 9.97. The van der Waals surface area contributed by atoms with E-state index in [0.29, 0.717) is 10.0 Å². The van der Waals surface area contributed by atoms with Crippen molar-refractivity contribution in [1.29, 1.82) is 0 Å². The largest absolute Gasteiger partial charge is 0.321 e. The van der Waals surface area contributed by atoms with Crippen molar-refractivity contribution in [3.63, 3.8) is 0 Å². The molecule has 0 heterocycles. The first-order valence-electron chi connectivity index (χ1n) is 8.46. The minimum Gasteiger partial charge on any atom is -0.321 e. The molecule has 0 radical (unpaired) electrons. The van der Waals surface area contributed by atoms with Crippen LogP contribution in [0.25, 0.3) is 0 Å². The van der Waals surface area contributed by atoms with Gasteiger partial charge in [-0.05, 0) is 42.5 Å². The maximum absolute atomic E-state index is 12.7. The number of hydrogen-bond donors (Lipinski definition) is 2. The second-order valence-corrected chi connectivity index (χ2v) is 7.87. The lowest BCUT2D eigenvalue weighted by Gasteiger charge is -2.10. The van der Waals surface area contributed by atoms with Gasteiger partial charge >= 0.3 is 0 Å². The highest BCUT2D eigenvalue weighted by molar-refractivity contribution is 6.36. The molecule has 0 aliphatic rings. The van der Waals surface area contributed by atoms with Crippen LogP contribution in [-0.2, 0) is 0 Å². The summed E-state index contributed by atoms with van der Waals surface area (Å²) >= 11 is 23.9. The molecule has 3 aromatic rings. The number of benzene rings is 3. The van der Waals surface area contributed by atoms with Crippen LogP contribution >= 0.6 is 46.4 Å². The minimum atomic E-state index is -0.720. The molecule has 0 atom stereocenters. The van der Waals surface area contributed by atoms with Crippen molar-refractivity contribution in [3.05, 3.63) is 95.9 Å². The van der Waals surface area contributed by atoms with Gasteiger partial charge in [0.05, 0.1) is 26.3 Å². The number of anilines is 2. The number of carbonyl (C=O) groups excluding carboxylic acids is 2. The van der Waals surface area contributed by atoms with Crippen molar-refractivity contribution in [2.75, 3.05) is 10.6 Å². The van der Waals surface area contributed by atoms with Gasteiger partial charge in [-0.25, -0.2) is 0 Å². The standard InChI is InChI=1S/C20H11Cl4N3O4/c21-12-1-3-15(23)17(8-12)25-19(28)10-5-11(7-14(6-10)27(30)31)20(29)26-18-9-13(22)2-4-16(18)24/h1-9H,(H,25,28)(H,26,29). The molecule has 0 bridgehead atoms. The molecule has 0 fully saturated rings. The van der Waals surface area contributed by atoms with Crippen LogP contribution in [-0.4, -0.2) is 16.7 Å². The number of nitrogens with one attached hydrogen (secondary N) is 2. The maximum atomic E-state index is 12.7. The Bertz CT molecular complexity index is 1130. The highest BCUT2D eigenvalue weighted by Gasteiger charge is 2.19. The first-order chi connectivity index (χ1) is 14.6. The minimum absolute atomic E-state index is 0.132. The van der Waals surface area contributed by atoms with Gasteiger partial charge in [0.15, 0.2) is 0 Å². The van der Waals surface area contributed by atoms with Gasteiger partial charge in [-0.3, -0.25) is 19.7 Å². The van der Waals surface area contributed by atoms with Gasteiger partial charge in [-0.1, -0.05) is 46.4 Å². The number of hydrogen-bond acceptors (Lipinski definition) is 4. The third kappa shape index (κ3) is 5.65. The van der Waals surface area contributed by atoms with Crippen LogP contribution in [0.1, 0.15) is 20.7 Å². The van der Waals surface area contributed by atoms with Crippen molar-refractivity contribution in [2.24, 2.45) is 0 Å². The summed E-state index contributed by atoms with van der Waals surface area (Å²) in [7, 11) is 0. The molecular formula is C20H11Cl4N3O4. The van der Waals surface area contributed by atoms with E-state index in [2.05, 4.69) is 10.6 Å². The van der Waals surface area contributed by atoms with Crippen molar-refractivity contribution < 1.29 is 14.5 Å². The topological polar surface area (TPSA) is 101 Å². The van der Waals surface area contributed by atoms with Crippen molar-refractivity contribution in [2.45, 2.75) is 0 Å². The predicted molar refractivity (Wildman–Crippen MR) is 122 cm³/mol. The Balaban J connectivity index is 1.94. The lowest BCUT2D eigenvalue weighted by Crippen LogP contribution is -2.16.